The van der Waals surface area contributed by atoms with Gasteiger partial charge in [0.2, 0.25) is 5.91 Å². The van der Waals surface area contributed by atoms with Crippen LogP contribution in [0.1, 0.15) is 12.5 Å². The van der Waals surface area contributed by atoms with Gasteiger partial charge in [-0.2, -0.15) is 0 Å². The van der Waals surface area contributed by atoms with Gasteiger partial charge in [-0.3, -0.25) is 9.59 Å². The third-order valence-electron chi connectivity index (χ3n) is 4.53. The first-order valence-electron chi connectivity index (χ1n) is 9.35. The van der Waals surface area contributed by atoms with E-state index < -0.39 is 0 Å². The van der Waals surface area contributed by atoms with Crippen LogP contribution >= 0.6 is 0 Å². The van der Waals surface area contributed by atoms with Gasteiger partial charge in [-0.25, -0.2) is 0 Å². The van der Waals surface area contributed by atoms with Gasteiger partial charge in [0.15, 0.2) is 5.43 Å². The zero-order valence-electron chi connectivity index (χ0n) is 16.2. The summed E-state index contributed by atoms with van der Waals surface area (Å²) >= 11 is 0. The van der Waals surface area contributed by atoms with Crippen LogP contribution in [0, 0.1) is 0 Å². The number of benzene rings is 3. The van der Waals surface area contributed by atoms with E-state index in [0.717, 1.165) is 5.56 Å². The van der Waals surface area contributed by atoms with Crippen LogP contribution in [0.5, 0.6) is 11.5 Å². The Morgan fingerprint density at radius 2 is 1.83 bits per heavy atom. The quantitative estimate of drug-likeness (QED) is 0.506. The predicted octanol–water partition coefficient (Wildman–Crippen LogP) is 4.70. The van der Waals surface area contributed by atoms with Crippen molar-refractivity contribution in [3.05, 3.63) is 88.6 Å². The van der Waals surface area contributed by atoms with Gasteiger partial charge in [0.1, 0.15) is 29.4 Å². The summed E-state index contributed by atoms with van der Waals surface area (Å²) in [7, 11) is 0. The minimum absolute atomic E-state index is 0.0575. The van der Waals surface area contributed by atoms with Crippen LogP contribution in [-0.2, 0) is 11.4 Å². The fourth-order valence-electron chi connectivity index (χ4n) is 3.12. The molecule has 30 heavy (non-hydrogen) atoms. The van der Waals surface area contributed by atoms with Crippen LogP contribution in [0.2, 0.25) is 0 Å². The normalized spacial score (nSPS) is 10.7. The van der Waals surface area contributed by atoms with Crippen LogP contribution in [0.25, 0.3) is 22.3 Å². The van der Waals surface area contributed by atoms with Gasteiger partial charge in [-0.1, -0.05) is 30.3 Å². The van der Waals surface area contributed by atoms with Gasteiger partial charge in [0.25, 0.3) is 0 Å². The minimum Gasteiger partial charge on any atom is -0.507 e. The minimum atomic E-state index is -0.276. The van der Waals surface area contributed by atoms with Gasteiger partial charge in [0, 0.05) is 24.7 Å². The lowest BCUT2D eigenvalue weighted by Crippen LogP contribution is -2.07. The average molecular weight is 401 g/mol. The number of amides is 1. The third kappa shape index (κ3) is 4.17. The molecule has 3 aromatic carbocycles. The number of ether oxygens (including phenoxy) is 1. The third-order valence-corrected chi connectivity index (χ3v) is 4.53. The largest absolute Gasteiger partial charge is 0.507 e. The van der Waals surface area contributed by atoms with Crippen molar-refractivity contribution in [3.63, 3.8) is 0 Å². The summed E-state index contributed by atoms with van der Waals surface area (Å²) in [5.41, 5.74) is 1.99. The molecule has 0 aliphatic rings. The molecule has 150 valence electrons. The molecule has 0 radical (unpaired) electrons. The van der Waals surface area contributed by atoms with Crippen LogP contribution < -0.4 is 15.5 Å². The Morgan fingerprint density at radius 3 is 2.57 bits per heavy atom. The molecule has 0 aliphatic heterocycles. The van der Waals surface area contributed by atoms with Gasteiger partial charge in [-0.15, -0.1) is 0 Å². The SMILES string of the molecule is CC(=O)Nc1ccc2oc(-c3ccc(OCc4ccccc4)cc3O)cc(=O)c2c1. The molecule has 0 bridgehead atoms. The second-order valence-electron chi connectivity index (χ2n) is 6.82. The fraction of sp³-hybridized carbons (Fsp3) is 0.0833. The smallest absolute Gasteiger partial charge is 0.221 e. The van der Waals surface area contributed by atoms with E-state index in [-0.39, 0.29) is 22.8 Å². The highest BCUT2D eigenvalue weighted by Crippen LogP contribution is 2.33. The van der Waals surface area contributed by atoms with E-state index in [1.807, 2.05) is 30.3 Å². The van der Waals surface area contributed by atoms with Gasteiger partial charge in [-0.05, 0) is 35.9 Å². The summed E-state index contributed by atoms with van der Waals surface area (Å²) in [6.07, 6.45) is 0. The van der Waals surface area contributed by atoms with Crippen molar-refractivity contribution >= 4 is 22.6 Å². The molecule has 6 heteroatoms. The Bertz CT molecular complexity index is 1280. The first kappa shape index (κ1) is 19.3. The molecule has 0 unspecified atom stereocenters. The molecule has 0 fully saturated rings. The highest BCUT2D eigenvalue weighted by atomic mass is 16.5. The van der Waals surface area contributed by atoms with Crippen molar-refractivity contribution in [3.8, 4) is 22.8 Å². The van der Waals surface area contributed by atoms with Gasteiger partial charge in [0.05, 0.1) is 10.9 Å². The maximum atomic E-state index is 12.6. The van der Waals surface area contributed by atoms with Crippen molar-refractivity contribution in [2.75, 3.05) is 5.32 Å². The number of nitrogens with one attached hydrogen (secondary N) is 1. The summed E-state index contributed by atoms with van der Waals surface area (Å²) < 4.78 is 11.5. The maximum absolute atomic E-state index is 12.6. The molecule has 1 aromatic heterocycles. The zero-order chi connectivity index (χ0) is 21.1. The second-order valence-corrected chi connectivity index (χ2v) is 6.82. The van der Waals surface area contributed by atoms with Crippen LogP contribution in [0.3, 0.4) is 0 Å². The van der Waals surface area contributed by atoms with Crippen molar-refractivity contribution in [1.29, 1.82) is 0 Å². The number of aromatic hydroxyl groups is 1. The lowest BCUT2D eigenvalue weighted by molar-refractivity contribution is -0.114. The molecular weight excluding hydrogens is 382 g/mol. The van der Waals surface area contributed by atoms with Gasteiger partial charge >= 0.3 is 0 Å². The number of carbonyl (C=O) groups excluding carboxylic acids is 1. The Balaban J connectivity index is 1.61. The van der Waals surface area contributed by atoms with Crippen molar-refractivity contribution < 1.29 is 19.1 Å². The number of hydrogen-bond donors (Lipinski definition) is 2. The number of phenols is 1. The van der Waals surface area contributed by atoms with Gasteiger partial charge < -0.3 is 19.6 Å². The Morgan fingerprint density at radius 1 is 1.03 bits per heavy atom. The van der Waals surface area contributed by atoms with E-state index >= 15 is 0 Å². The van der Waals surface area contributed by atoms with E-state index in [1.165, 1.54) is 19.1 Å². The van der Waals surface area contributed by atoms with Crippen molar-refractivity contribution in [2.24, 2.45) is 0 Å². The molecule has 1 amide bonds. The molecule has 4 rings (SSSR count). The molecule has 0 spiro atoms. The number of rotatable bonds is 5. The molecule has 0 atom stereocenters. The monoisotopic (exact) mass is 401 g/mol. The van der Waals surface area contributed by atoms with Crippen LogP contribution in [0.15, 0.2) is 82.0 Å². The molecule has 2 N–H and O–H groups in total. The number of carbonyl (C=O) groups is 1. The summed E-state index contributed by atoms with van der Waals surface area (Å²) in [5, 5.41) is 13.4. The first-order chi connectivity index (χ1) is 14.5. The fourth-order valence-corrected chi connectivity index (χ4v) is 3.12. The zero-order valence-corrected chi connectivity index (χ0v) is 16.2. The van der Waals surface area contributed by atoms with E-state index in [0.29, 0.717) is 34.6 Å². The van der Waals surface area contributed by atoms with Crippen molar-refractivity contribution in [2.45, 2.75) is 13.5 Å². The lowest BCUT2D eigenvalue weighted by Gasteiger charge is -2.10. The van der Waals surface area contributed by atoms with E-state index in [2.05, 4.69) is 5.32 Å². The number of phenolic OH excluding ortho intramolecular Hbond substituents is 1. The molecule has 0 saturated heterocycles. The number of fused-ring (bicyclic) bond motifs is 1. The van der Waals surface area contributed by atoms with E-state index in [4.69, 9.17) is 9.15 Å². The molecule has 0 aliphatic carbocycles. The number of hydrogen-bond acceptors (Lipinski definition) is 5. The Kier molecular flexibility index (Phi) is 5.22. The topological polar surface area (TPSA) is 88.8 Å². The first-order valence-corrected chi connectivity index (χ1v) is 9.35. The van der Waals surface area contributed by atoms with E-state index in [1.54, 1.807) is 30.3 Å². The Hall–Kier alpha value is -4.06. The molecule has 6 nitrogen and oxygen atoms in total. The Labute approximate surface area is 172 Å². The summed E-state index contributed by atoms with van der Waals surface area (Å²) in [5.74, 6) is 0.461. The molecule has 0 saturated carbocycles. The second kappa shape index (κ2) is 8.13. The molecule has 4 aromatic rings. The average Bonchev–Trinajstić information content (AvgIpc) is 2.73. The standard InChI is InChI=1S/C24H19NO5/c1-15(26)25-17-7-10-23-20(11-17)22(28)13-24(30-23)19-9-8-18(12-21(19)27)29-14-16-5-3-2-4-6-16/h2-13,27H,14H2,1H3,(H,25,26). The maximum Gasteiger partial charge on any atom is 0.221 e. The molecule has 1 heterocycles. The summed E-state index contributed by atoms with van der Waals surface area (Å²) in [6, 6.07) is 20.7. The summed E-state index contributed by atoms with van der Waals surface area (Å²) in [4.78, 5) is 23.8. The van der Waals surface area contributed by atoms with E-state index in [9.17, 15) is 14.7 Å². The molecular formula is C24H19NO5. The highest BCUT2D eigenvalue weighted by Gasteiger charge is 2.12. The van der Waals surface area contributed by atoms with Crippen LogP contribution in [-0.4, -0.2) is 11.0 Å². The highest BCUT2D eigenvalue weighted by molar-refractivity contribution is 5.92. The number of anilines is 1. The predicted molar refractivity (Wildman–Crippen MR) is 115 cm³/mol. The summed E-state index contributed by atoms with van der Waals surface area (Å²) in [6.45, 7) is 1.77. The van der Waals surface area contributed by atoms with Crippen molar-refractivity contribution in [1.82, 2.24) is 0 Å². The lowest BCUT2D eigenvalue weighted by atomic mass is 10.1. The van der Waals surface area contributed by atoms with Crippen LogP contribution in [0.4, 0.5) is 5.69 Å².